The second-order valence-electron chi connectivity index (χ2n) is 4.99. The van der Waals surface area contributed by atoms with E-state index in [1.807, 2.05) is 25.1 Å². The highest BCUT2D eigenvalue weighted by molar-refractivity contribution is 9.10. The summed E-state index contributed by atoms with van der Waals surface area (Å²) in [5.41, 5.74) is 2.11. The van der Waals surface area contributed by atoms with Crippen LogP contribution in [0.15, 0.2) is 38.1 Å². The van der Waals surface area contributed by atoms with Crippen LogP contribution in [0.1, 0.15) is 12.0 Å². The molecule has 2 N–H and O–H groups in total. The van der Waals surface area contributed by atoms with Gasteiger partial charge < -0.3 is 10.6 Å². The zero-order chi connectivity index (χ0) is 17.0. The van der Waals surface area contributed by atoms with Crippen LogP contribution in [0.2, 0.25) is 0 Å². The van der Waals surface area contributed by atoms with Crippen molar-refractivity contribution in [3.63, 3.8) is 0 Å². The molecule has 0 spiro atoms. The van der Waals surface area contributed by atoms with Gasteiger partial charge in [-0.05, 0) is 46.6 Å². The predicted molar refractivity (Wildman–Crippen MR) is 97.8 cm³/mol. The molecule has 23 heavy (non-hydrogen) atoms. The van der Waals surface area contributed by atoms with E-state index >= 15 is 0 Å². The van der Waals surface area contributed by atoms with E-state index in [9.17, 15) is 9.59 Å². The SMILES string of the molecule is Cc1cc(Br)ccc1NC(=O)CCNc1cnn(C)c(=O)c1Br. The summed E-state index contributed by atoms with van der Waals surface area (Å²) in [6, 6.07) is 5.67. The number of halogens is 2. The van der Waals surface area contributed by atoms with Crippen molar-refractivity contribution in [1.82, 2.24) is 9.78 Å². The molecule has 6 nitrogen and oxygen atoms in total. The number of aromatic nitrogens is 2. The van der Waals surface area contributed by atoms with Gasteiger partial charge in [0, 0.05) is 30.2 Å². The normalized spacial score (nSPS) is 10.4. The first-order chi connectivity index (χ1) is 10.9. The summed E-state index contributed by atoms with van der Waals surface area (Å²) in [4.78, 5) is 23.7. The van der Waals surface area contributed by atoms with Crippen LogP contribution in [0.3, 0.4) is 0 Å². The van der Waals surface area contributed by atoms with E-state index < -0.39 is 0 Å². The Hall–Kier alpha value is -1.67. The molecule has 8 heteroatoms. The number of hydrogen-bond acceptors (Lipinski definition) is 4. The summed E-state index contributed by atoms with van der Waals surface area (Å²) in [7, 11) is 1.57. The smallest absolute Gasteiger partial charge is 0.282 e. The molecule has 0 unspecified atom stereocenters. The van der Waals surface area contributed by atoms with Crippen LogP contribution in [0, 0.1) is 6.92 Å². The molecule has 1 aromatic heterocycles. The van der Waals surface area contributed by atoms with Gasteiger partial charge in [0.15, 0.2) is 0 Å². The van der Waals surface area contributed by atoms with Crippen molar-refractivity contribution < 1.29 is 4.79 Å². The fourth-order valence-corrected chi connectivity index (χ4v) is 2.90. The molecule has 0 aliphatic rings. The molecule has 1 amide bonds. The summed E-state index contributed by atoms with van der Waals surface area (Å²) < 4.78 is 2.61. The van der Waals surface area contributed by atoms with E-state index in [0.29, 0.717) is 16.7 Å². The van der Waals surface area contributed by atoms with Gasteiger partial charge in [0.05, 0.1) is 11.9 Å². The largest absolute Gasteiger partial charge is 0.382 e. The lowest BCUT2D eigenvalue weighted by atomic mass is 10.2. The number of nitrogens with zero attached hydrogens (tertiary/aromatic N) is 2. The van der Waals surface area contributed by atoms with E-state index in [4.69, 9.17) is 0 Å². The van der Waals surface area contributed by atoms with Gasteiger partial charge >= 0.3 is 0 Å². The number of hydrogen-bond donors (Lipinski definition) is 2. The van der Waals surface area contributed by atoms with Crippen molar-refractivity contribution in [2.24, 2.45) is 7.05 Å². The molecule has 0 bridgehead atoms. The van der Waals surface area contributed by atoms with Crippen LogP contribution in [0.5, 0.6) is 0 Å². The molecular weight excluding hydrogens is 428 g/mol. The number of aryl methyl sites for hydroxylation is 2. The van der Waals surface area contributed by atoms with Gasteiger partial charge in [0.2, 0.25) is 5.91 Å². The Balaban J connectivity index is 1.90. The van der Waals surface area contributed by atoms with Crippen molar-refractivity contribution in [2.75, 3.05) is 17.2 Å². The Kier molecular flexibility index (Phi) is 5.95. The van der Waals surface area contributed by atoms with E-state index in [1.54, 1.807) is 13.2 Å². The monoisotopic (exact) mass is 442 g/mol. The fourth-order valence-electron chi connectivity index (χ4n) is 1.92. The molecule has 2 aromatic rings. The van der Waals surface area contributed by atoms with E-state index in [-0.39, 0.29) is 17.9 Å². The Morgan fingerprint density at radius 1 is 1.30 bits per heavy atom. The quantitative estimate of drug-likeness (QED) is 0.744. The fraction of sp³-hybridized carbons (Fsp3) is 0.267. The molecule has 1 aromatic carbocycles. The first-order valence-corrected chi connectivity index (χ1v) is 8.49. The number of carbonyl (C=O) groups excluding carboxylic acids is 1. The van der Waals surface area contributed by atoms with Crippen molar-refractivity contribution in [1.29, 1.82) is 0 Å². The highest BCUT2D eigenvalue weighted by atomic mass is 79.9. The second-order valence-corrected chi connectivity index (χ2v) is 6.69. The highest BCUT2D eigenvalue weighted by Crippen LogP contribution is 2.20. The third kappa shape index (κ3) is 4.65. The maximum atomic E-state index is 12.0. The zero-order valence-electron chi connectivity index (χ0n) is 12.7. The van der Waals surface area contributed by atoms with Crippen LogP contribution in [0.25, 0.3) is 0 Å². The van der Waals surface area contributed by atoms with Gasteiger partial charge in [0.25, 0.3) is 5.56 Å². The summed E-state index contributed by atoms with van der Waals surface area (Å²) in [6.45, 7) is 2.33. The summed E-state index contributed by atoms with van der Waals surface area (Å²) >= 11 is 6.62. The van der Waals surface area contributed by atoms with Gasteiger partial charge in [-0.25, -0.2) is 4.68 Å². The molecule has 2 rings (SSSR count). The highest BCUT2D eigenvalue weighted by Gasteiger charge is 2.08. The van der Waals surface area contributed by atoms with Crippen LogP contribution < -0.4 is 16.2 Å². The number of anilines is 2. The van der Waals surface area contributed by atoms with Crippen LogP contribution in [-0.4, -0.2) is 22.2 Å². The summed E-state index contributed by atoms with van der Waals surface area (Å²) in [5, 5.41) is 9.83. The molecule has 0 aliphatic heterocycles. The number of amides is 1. The molecule has 0 atom stereocenters. The van der Waals surface area contributed by atoms with Gasteiger partial charge in [-0.15, -0.1) is 0 Å². The lowest BCUT2D eigenvalue weighted by Crippen LogP contribution is -2.22. The van der Waals surface area contributed by atoms with Crippen molar-refractivity contribution in [3.8, 4) is 0 Å². The third-order valence-corrected chi connectivity index (χ3v) is 4.47. The molecule has 0 saturated carbocycles. The van der Waals surface area contributed by atoms with Gasteiger partial charge in [-0.3, -0.25) is 9.59 Å². The molecule has 0 radical (unpaired) electrons. The number of rotatable bonds is 5. The van der Waals surface area contributed by atoms with E-state index in [1.165, 1.54) is 4.68 Å². The molecular formula is C15H16Br2N4O2. The minimum absolute atomic E-state index is 0.101. The Bertz CT molecular complexity index is 790. The van der Waals surface area contributed by atoms with Crippen LogP contribution in [-0.2, 0) is 11.8 Å². The van der Waals surface area contributed by atoms with Gasteiger partial charge in [-0.2, -0.15) is 5.10 Å². The van der Waals surface area contributed by atoms with Crippen LogP contribution >= 0.6 is 31.9 Å². The third-order valence-electron chi connectivity index (χ3n) is 3.21. The molecule has 0 saturated heterocycles. The van der Waals surface area contributed by atoms with Crippen LogP contribution in [0.4, 0.5) is 11.4 Å². The van der Waals surface area contributed by atoms with Crippen molar-refractivity contribution >= 4 is 49.1 Å². The Morgan fingerprint density at radius 2 is 2.04 bits per heavy atom. The minimum atomic E-state index is -0.232. The minimum Gasteiger partial charge on any atom is -0.382 e. The first kappa shape index (κ1) is 17.7. The number of nitrogens with one attached hydrogen (secondary N) is 2. The average molecular weight is 444 g/mol. The lowest BCUT2D eigenvalue weighted by Gasteiger charge is -2.10. The van der Waals surface area contributed by atoms with Gasteiger partial charge in [0.1, 0.15) is 4.47 Å². The number of carbonyl (C=O) groups is 1. The zero-order valence-corrected chi connectivity index (χ0v) is 15.9. The van der Waals surface area contributed by atoms with E-state index in [2.05, 4.69) is 47.6 Å². The maximum absolute atomic E-state index is 12.0. The standard InChI is InChI=1S/C15H16Br2N4O2/c1-9-7-10(16)3-4-11(9)20-13(22)5-6-18-12-8-19-21(2)15(23)14(12)17/h3-4,7-8,18H,5-6H2,1-2H3,(H,20,22). The molecule has 0 aliphatic carbocycles. The molecule has 1 heterocycles. The average Bonchev–Trinajstić information content (AvgIpc) is 2.50. The Morgan fingerprint density at radius 3 is 2.74 bits per heavy atom. The lowest BCUT2D eigenvalue weighted by molar-refractivity contribution is -0.115. The Labute approximate surface area is 150 Å². The summed E-state index contributed by atoms with van der Waals surface area (Å²) in [5.74, 6) is -0.101. The van der Waals surface area contributed by atoms with Gasteiger partial charge in [-0.1, -0.05) is 15.9 Å². The van der Waals surface area contributed by atoms with E-state index in [0.717, 1.165) is 15.7 Å². The maximum Gasteiger partial charge on any atom is 0.282 e. The summed E-state index contributed by atoms with van der Waals surface area (Å²) in [6.07, 6.45) is 1.82. The number of benzene rings is 1. The second kappa shape index (κ2) is 7.74. The molecule has 122 valence electrons. The predicted octanol–water partition coefficient (Wildman–Crippen LogP) is 3.05. The topological polar surface area (TPSA) is 76.0 Å². The molecule has 0 fully saturated rings. The van der Waals surface area contributed by atoms with Crippen molar-refractivity contribution in [2.45, 2.75) is 13.3 Å². The first-order valence-electron chi connectivity index (χ1n) is 6.90. The van der Waals surface area contributed by atoms with Crippen molar-refractivity contribution in [3.05, 3.63) is 49.3 Å².